The average molecular weight is 237 g/mol. The van der Waals surface area contributed by atoms with Gasteiger partial charge in [0.15, 0.2) is 0 Å². The third kappa shape index (κ3) is 1.16. The normalized spacial score (nSPS) is 24.4. The number of nitrogens with zero attached hydrogens (tertiary/aromatic N) is 1. The van der Waals surface area contributed by atoms with E-state index < -0.39 is 6.62 Å². The van der Waals surface area contributed by atoms with Crippen LogP contribution < -0.4 is 15.5 Å². The number of hydrogen-bond donors (Lipinski definition) is 2. The fourth-order valence-corrected chi connectivity index (χ4v) is 3.25. The van der Waals surface area contributed by atoms with Crippen molar-refractivity contribution in [1.29, 1.82) is 0 Å². The zero-order chi connectivity index (χ0) is 12.2. The maximum Gasteiger partial charge on any atom is 0.310 e. The second-order valence-electron chi connectivity index (χ2n) is 5.11. The molecular formula is C14H14BN2O-. The van der Waals surface area contributed by atoms with Crippen LogP contribution in [0.15, 0.2) is 48.5 Å². The van der Waals surface area contributed by atoms with Crippen molar-refractivity contribution in [2.75, 3.05) is 4.81 Å². The van der Waals surface area contributed by atoms with Crippen LogP contribution in [0.25, 0.3) is 0 Å². The first-order valence-corrected chi connectivity index (χ1v) is 6.35. The Morgan fingerprint density at radius 3 is 2.61 bits per heavy atom. The molecule has 0 spiro atoms. The van der Waals surface area contributed by atoms with Gasteiger partial charge in [0.1, 0.15) is 0 Å². The lowest BCUT2D eigenvalue weighted by Crippen LogP contribution is -2.70. The van der Waals surface area contributed by atoms with Crippen molar-refractivity contribution in [3.63, 3.8) is 0 Å². The van der Waals surface area contributed by atoms with Crippen LogP contribution in [0.1, 0.15) is 11.1 Å². The lowest BCUT2D eigenvalue weighted by molar-refractivity contribution is 0.511. The lowest BCUT2D eigenvalue weighted by Gasteiger charge is -2.49. The minimum atomic E-state index is -1.79. The number of fused-ring (bicyclic) bond motifs is 5. The van der Waals surface area contributed by atoms with E-state index in [9.17, 15) is 5.02 Å². The molecule has 1 atom stereocenters. The van der Waals surface area contributed by atoms with Crippen LogP contribution in [0, 0.1) is 0 Å². The summed E-state index contributed by atoms with van der Waals surface area (Å²) in [6.45, 7) is -0.295. The topological polar surface area (TPSA) is 35.5 Å². The van der Waals surface area contributed by atoms with Gasteiger partial charge in [-0.1, -0.05) is 48.0 Å². The molecule has 0 aliphatic carbocycles. The third-order valence-electron chi connectivity index (χ3n) is 4.16. The number of rotatable bonds is 0. The molecule has 2 N–H and O–H groups in total. The van der Waals surface area contributed by atoms with Gasteiger partial charge in [0.2, 0.25) is 0 Å². The summed E-state index contributed by atoms with van der Waals surface area (Å²) >= 11 is 0. The maximum atomic E-state index is 11.0. The molecule has 2 aliphatic heterocycles. The Bertz CT molecular complexity index is 631. The van der Waals surface area contributed by atoms with Crippen LogP contribution in [0.5, 0.6) is 0 Å². The first-order valence-electron chi connectivity index (χ1n) is 6.35. The van der Waals surface area contributed by atoms with E-state index in [-0.39, 0.29) is 0 Å². The molecule has 2 heterocycles. The quantitative estimate of drug-likeness (QED) is 0.669. The fourth-order valence-electron chi connectivity index (χ4n) is 3.25. The molecule has 4 heteroatoms. The van der Waals surface area contributed by atoms with Crippen molar-refractivity contribution in [2.24, 2.45) is 0 Å². The molecule has 90 valence electrons. The SMILES string of the molecule is O[B@-]12NCc3ccccc3N1Cc1ccccc12. The van der Waals surface area contributed by atoms with Gasteiger partial charge < -0.3 is 15.1 Å². The van der Waals surface area contributed by atoms with Crippen LogP contribution in [-0.4, -0.2) is 11.6 Å². The Labute approximate surface area is 106 Å². The summed E-state index contributed by atoms with van der Waals surface area (Å²) in [6, 6.07) is 16.4. The highest BCUT2D eigenvalue weighted by Gasteiger charge is 2.41. The predicted octanol–water partition coefficient (Wildman–Crippen LogP) is 0.948. The second kappa shape index (κ2) is 3.37. The smallest absolute Gasteiger partial charge is 0.310 e. The third-order valence-corrected chi connectivity index (χ3v) is 4.16. The summed E-state index contributed by atoms with van der Waals surface area (Å²) in [5.41, 5.74) is 4.64. The van der Waals surface area contributed by atoms with E-state index in [2.05, 4.69) is 28.2 Å². The molecular weight excluding hydrogens is 223 g/mol. The number of para-hydroxylation sites is 1. The van der Waals surface area contributed by atoms with Gasteiger partial charge >= 0.3 is 6.62 Å². The zero-order valence-electron chi connectivity index (χ0n) is 10.0. The zero-order valence-corrected chi connectivity index (χ0v) is 10.0. The van der Waals surface area contributed by atoms with Crippen molar-refractivity contribution in [3.05, 3.63) is 59.7 Å². The Hall–Kier alpha value is -1.78. The van der Waals surface area contributed by atoms with E-state index in [4.69, 9.17) is 0 Å². The molecule has 0 saturated carbocycles. The Morgan fingerprint density at radius 2 is 1.72 bits per heavy atom. The van der Waals surface area contributed by atoms with Crippen LogP contribution in [0.3, 0.4) is 0 Å². The lowest BCUT2D eigenvalue weighted by atomic mass is 9.57. The first-order chi connectivity index (χ1) is 8.79. The predicted molar refractivity (Wildman–Crippen MR) is 73.5 cm³/mol. The molecule has 2 aliphatic rings. The van der Waals surface area contributed by atoms with Crippen LogP contribution in [-0.2, 0) is 13.1 Å². The molecule has 0 unspecified atom stereocenters. The Balaban J connectivity index is 1.92. The molecule has 0 amide bonds. The van der Waals surface area contributed by atoms with Gasteiger partial charge in [-0.3, -0.25) is 0 Å². The highest BCUT2D eigenvalue weighted by molar-refractivity contribution is 6.88. The fraction of sp³-hybridized carbons (Fsp3) is 0.143. The summed E-state index contributed by atoms with van der Waals surface area (Å²) in [7, 11) is 0. The molecule has 0 radical (unpaired) electrons. The summed E-state index contributed by atoms with van der Waals surface area (Å²) in [4.78, 5) is 2.10. The molecule has 0 saturated heterocycles. The number of hydrogen-bond acceptors (Lipinski definition) is 3. The minimum absolute atomic E-state index is 0.720. The number of anilines is 1. The molecule has 18 heavy (non-hydrogen) atoms. The highest BCUT2D eigenvalue weighted by Crippen LogP contribution is 2.33. The van der Waals surface area contributed by atoms with Gasteiger partial charge in [0, 0.05) is 12.2 Å². The summed E-state index contributed by atoms with van der Waals surface area (Å²) < 4.78 is 0. The highest BCUT2D eigenvalue weighted by atomic mass is 16.2. The van der Waals surface area contributed by atoms with E-state index in [0.717, 1.165) is 24.2 Å². The second-order valence-corrected chi connectivity index (χ2v) is 5.11. The molecule has 0 aromatic heterocycles. The van der Waals surface area contributed by atoms with Gasteiger partial charge in [-0.15, -0.1) is 5.46 Å². The van der Waals surface area contributed by atoms with E-state index >= 15 is 0 Å². The minimum Gasteiger partial charge on any atom is -0.571 e. The van der Waals surface area contributed by atoms with E-state index in [1.54, 1.807) is 0 Å². The Morgan fingerprint density at radius 1 is 1.00 bits per heavy atom. The van der Waals surface area contributed by atoms with Crippen molar-refractivity contribution >= 4 is 17.8 Å². The van der Waals surface area contributed by atoms with Crippen molar-refractivity contribution < 1.29 is 5.02 Å². The van der Waals surface area contributed by atoms with Crippen molar-refractivity contribution in [1.82, 2.24) is 5.23 Å². The number of nitrogens with one attached hydrogen (secondary N) is 1. The first kappa shape index (κ1) is 10.2. The monoisotopic (exact) mass is 237 g/mol. The Kier molecular flexibility index (Phi) is 1.91. The van der Waals surface area contributed by atoms with Crippen molar-refractivity contribution in [2.45, 2.75) is 13.1 Å². The van der Waals surface area contributed by atoms with Gasteiger partial charge in [0.25, 0.3) is 0 Å². The van der Waals surface area contributed by atoms with Gasteiger partial charge in [0.05, 0.1) is 0 Å². The molecule has 4 rings (SSSR count). The maximum absolute atomic E-state index is 11.0. The van der Waals surface area contributed by atoms with Crippen molar-refractivity contribution in [3.8, 4) is 0 Å². The van der Waals surface area contributed by atoms with Crippen LogP contribution in [0.2, 0.25) is 0 Å². The molecule has 2 aromatic carbocycles. The molecule has 3 nitrogen and oxygen atoms in total. The van der Waals surface area contributed by atoms with Gasteiger partial charge in [-0.2, -0.15) is 0 Å². The summed E-state index contributed by atoms with van der Waals surface area (Å²) in [5.74, 6) is 0. The largest absolute Gasteiger partial charge is 0.571 e. The van der Waals surface area contributed by atoms with E-state index in [0.29, 0.717) is 0 Å². The molecule has 0 bridgehead atoms. The standard InChI is InChI=1S/C14H14BN2O/c18-15-13-7-3-1-6-12(13)10-17(15)14-8-4-2-5-11(14)9-16-15/h1-8,16,18H,9-10H2/q-1/t15-/m1/s1. The average Bonchev–Trinajstić information content (AvgIpc) is 2.73. The summed E-state index contributed by atoms with van der Waals surface area (Å²) in [5, 5.41) is 14.3. The van der Waals surface area contributed by atoms with Crippen LogP contribution in [0.4, 0.5) is 5.69 Å². The van der Waals surface area contributed by atoms with Gasteiger partial charge in [-0.05, 0) is 18.2 Å². The van der Waals surface area contributed by atoms with E-state index in [1.165, 1.54) is 11.1 Å². The molecule has 0 fully saturated rings. The summed E-state index contributed by atoms with van der Waals surface area (Å²) in [6.07, 6.45) is 0. The number of benzene rings is 2. The molecule has 2 aromatic rings. The van der Waals surface area contributed by atoms with Crippen LogP contribution >= 0.6 is 0 Å². The van der Waals surface area contributed by atoms with E-state index in [1.807, 2.05) is 30.3 Å². The van der Waals surface area contributed by atoms with Gasteiger partial charge in [-0.25, -0.2) is 0 Å².